The lowest BCUT2D eigenvalue weighted by molar-refractivity contribution is -0.121. The molecule has 19 heavy (non-hydrogen) atoms. The molecular formula is C12H18N4O3. The predicted octanol–water partition coefficient (Wildman–Crippen LogP) is -0.255. The quantitative estimate of drug-likeness (QED) is 0.562. The molecule has 0 spiro atoms. The number of ether oxygens (including phenoxy) is 1. The third-order valence-electron chi connectivity index (χ3n) is 2.32. The molecule has 0 fully saturated rings. The second-order valence-corrected chi connectivity index (χ2v) is 3.81. The summed E-state index contributed by atoms with van der Waals surface area (Å²) in [5.41, 5.74) is 6.01. The average molecular weight is 266 g/mol. The van der Waals surface area contributed by atoms with Crippen LogP contribution in [0.3, 0.4) is 0 Å². The van der Waals surface area contributed by atoms with Crippen molar-refractivity contribution in [3.8, 4) is 0 Å². The number of nitrogens with one attached hydrogen (secondary N) is 2. The van der Waals surface area contributed by atoms with E-state index in [0.717, 1.165) is 0 Å². The molecule has 1 heterocycles. The van der Waals surface area contributed by atoms with Gasteiger partial charge in [0.05, 0.1) is 6.61 Å². The zero-order valence-electron chi connectivity index (χ0n) is 10.8. The maximum Gasteiger partial charge on any atom is 0.267 e. The summed E-state index contributed by atoms with van der Waals surface area (Å²) < 4.78 is 4.82. The van der Waals surface area contributed by atoms with Gasteiger partial charge >= 0.3 is 0 Å². The Labute approximate surface area is 111 Å². The molecule has 7 nitrogen and oxygen atoms in total. The fraction of sp³-hybridized carbons (Fsp3) is 0.417. The van der Waals surface area contributed by atoms with E-state index >= 15 is 0 Å². The number of carbonyl (C=O) groups is 2. The van der Waals surface area contributed by atoms with Crippen molar-refractivity contribution in [3.05, 3.63) is 24.0 Å². The molecule has 0 saturated carbocycles. The van der Waals surface area contributed by atoms with E-state index in [4.69, 9.17) is 10.5 Å². The van der Waals surface area contributed by atoms with Crippen LogP contribution in [-0.2, 0) is 9.53 Å². The number of pyridine rings is 1. The molecule has 0 bridgehead atoms. The minimum atomic E-state index is -0.582. The van der Waals surface area contributed by atoms with E-state index in [1.165, 1.54) is 6.20 Å². The van der Waals surface area contributed by atoms with Gasteiger partial charge in [0.25, 0.3) is 5.91 Å². The fourth-order valence-corrected chi connectivity index (χ4v) is 1.38. The molecule has 1 rings (SSSR count). The van der Waals surface area contributed by atoms with Gasteiger partial charge in [0.15, 0.2) is 0 Å². The number of aromatic nitrogens is 1. The molecular weight excluding hydrogens is 248 g/mol. The Morgan fingerprint density at radius 2 is 2.21 bits per heavy atom. The van der Waals surface area contributed by atoms with Crippen molar-refractivity contribution >= 4 is 17.5 Å². The summed E-state index contributed by atoms with van der Waals surface area (Å²) in [6.07, 6.45) is 1.82. The van der Waals surface area contributed by atoms with Crippen molar-refractivity contribution in [1.29, 1.82) is 0 Å². The third-order valence-corrected chi connectivity index (χ3v) is 2.32. The molecule has 0 aliphatic heterocycles. The Morgan fingerprint density at radius 1 is 1.42 bits per heavy atom. The van der Waals surface area contributed by atoms with Gasteiger partial charge in [-0.05, 0) is 12.1 Å². The highest BCUT2D eigenvalue weighted by atomic mass is 16.5. The summed E-state index contributed by atoms with van der Waals surface area (Å²) >= 11 is 0. The number of hydrogen-bond acceptors (Lipinski definition) is 5. The van der Waals surface area contributed by atoms with Crippen LogP contribution in [0.25, 0.3) is 0 Å². The summed E-state index contributed by atoms with van der Waals surface area (Å²) in [5.74, 6) is -0.644. The first kappa shape index (κ1) is 14.9. The minimum absolute atomic E-state index is 0.0614. The number of methoxy groups -OCH3 is 1. The summed E-state index contributed by atoms with van der Waals surface area (Å²) in [6.45, 7) is 1.45. The van der Waals surface area contributed by atoms with Crippen LogP contribution < -0.4 is 16.4 Å². The number of carbonyl (C=O) groups excluding carboxylic acids is 2. The second kappa shape index (κ2) is 8.04. The molecule has 7 heteroatoms. The van der Waals surface area contributed by atoms with Gasteiger partial charge in [-0.1, -0.05) is 0 Å². The van der Waals surface area contributed by atoms with E-state index in [2.05, 4.69) is 15.6 Å². The molecule has 1 aromatic rings. The summed E-state index contributed by atoms with van der Waals surface area (Å²) in [4.78, 5) is 26.2. The minimum Gasteiger partial charge on any atom is -0.384 e. The second-order valence-electron chi connectivity index (χ2n) is 3.81. The van der Waals surface area contributed by atoms with Crippen LogP contribution in [0.15, 0.2) is 18.3 Å². The number of rotatable bonds is 8. The lowest BCUT2D eigenvalue weighted by Crippen LogP contribution is -2.28. The normalized spacial score (nSPS) is 9.95. The van der Waals surface area contributed by atoms with Crippen molar-refractivity contribution in [2.24, 2.45) is 5.73 Å². The highest BCUT2D eigenvalue weighted by Gasteiger charge is 2.03. The highest BCUT2D eigenvalue weighted by Crippen LogP contribution is 2.07. The van der Waals surface area contributed by atoms with E-state index in [0.29, 0.717) is 31.8 Å². The van der Waals surface area contributed by atoms with Gasteiger partial charge in [0, 0.05) is 38.5 Å². The SMILES string of the molecule is COCCNC(=O)CCNc1ccnc(C(N)=O)c1. The van der Waals surface area contributed by atoms with Crippen LogP contribution >= 0.6 is 0 Å². The van der Waals surface area contributed by atoms with Crippen LogP contribution in [-0.4, -0.2) is 43.6 Å². The van der Waals surface area contributed by atoms with Gasteiger partial charge in [0.2, 0.25) is 5.91 Å². The van der Waals surface area contributed by atoms with Crippen molar-refractivity contribution in [3.63, 3.8) is 0 Å². The molecule has 4 N–H and O–H groups in total. The number of hydrogen-bond donors (Lipinski definition) is 3. The molecule has 0 saturated heterocycles. The summed E-state index contributed by atoms with van der Waals surface area (Å²) in [5, 5.41) is 5.73. The molecule has 104 valence electrons. The van der Waals surface area contributed by atoms with Crippen LogP contribution in [0.2, 0.25) is 0 Å². The van der Waals surface area contributed by atoms with Crippen molar-refractivity contribution in [2.75, 3.05) is 32.1 Å². The maximum atomic E-state index is 11.4. The van der Waals surface area contributed by atoms with Crippen LogP contribution in [0, 0.1) is 0 Å². The molecule has 1 aromatic heterocycles. The van der Waals surface area contributed by atoms with Gasteiger partial charge in [-0.3, -0.25) is 14.6 Å². The number of nitrogens with two attached hydrogens (primary N) is 1. The molecule has 0 aliphatic carbocycles. The Hall–Kier alpha value is -2.15. The molecule has 0 atom stereocenters. The average Bonchev–Trinajstić information content (AvgIpc) is 2.39. The molecule has 2 amide bonds. The molecule has 0 unspecified atom stereocenters. The van der Waals surface area contributed by atoms with Gasteiger partial charge in [-0.2, -0.15) is 0 Å². The number of primary amides is 1. The maximum absolute atomic E-state index is 11.4. The first-order chi connectivity index (χ1) is 9.13. The number of nitrogens with zero attached hydrogens (tertiary/aromatic N) is 1. The van der Waals surface area contributed by atoms with E-state index < -0.39 is 5.91 Å². The zero-order valence-corrected chi connectivity index (χ0v) is 10.8. The van der Waals surface area contributed by atoms with Gasteiger partial charge < -0.3 is 21.1 Å². The number of anilines is 1. The Morgan fingerprint density at radius 3 is 2.89 bits per heavy atom. The standard InChI is InChI=1S/C12H18N4O3/c1-19-7-6-16-11(17)3-5-14-9-2-4-15-10(8-9)12(13)18/h2,4,8H,3,5-7H2,1H3,(H2,13,18)(H,14,15)(H,16,17). The van der Waals surface area contributed by atoms with Gasteiger partial charge in [0.1, 0.15) is 5.69 Å². The van der Waals surface area contributed by atoms with E-state index in [9.17, 15) is 9.59 Å². The van der Waals surface area contributed by atoms with E-state index in [1.54, 1.807) is 19.2 Å². The third kappa shape index (κ3) is 5.82. The van der Waals surface area contributed by atoms with E-state index in [1.807, 2.05) is 0 Å². The first-order valence-corrected chi connectivity index (χ1v) is 5.89. The fourth-order valence-electron chi connectivity index (χ4n) is 1.38. The lowest BCUT2D eigenvalue weighted by Gasteiger charge is -2.07. The zero-order chi connectivity index (χ0) is 14.1. The highest BCUT2D eigenvalue weighted by molar-refractivity contribution is 5.91. The van der Waals surface area contributed by atoms with Gasteiger partial charge in [-0.25, -0.2) is 0 Å². The largest absolute Gasteiger partial charge is 0.384 e. The Bertz CT molecular complexity index is 437. The topological polar surface area (TPSA) is 106 Å². The summed E-state index contributed by atoms with van der Waals surface area (Å²) in [6, 6.07) is 3.25. The lowest BCUT2D eigenvalue weighted by atomic mass is 10.3. The van der Waals surface area contributed by atoms with Crippen LogP contribution in [0.5, 0.6) is 0 Å². The first-order valence-electron chi connectivity index (χ1n) is 5.89. The molecule has 0 aliphatic rings. The van der Waals surface area contributed by atoms with E-state index in [-0.39, 0.29) is 11.6 Å². The molecule has 0 radical (unpaired) electrons. The number of amides is 2. The van der Waals surface area contributed by atoms with Crippen molar-refractivity contribution < 1.29 is 14.3 Å². The monoisotopic (exact) mass is 266 g/mol. The van der Waals surface area contributed by atoms with Gasteiger partial charge in [-0.15, -0.1) is 0 Å². The van der Waals surface area contributed by atoms with Crippen LogP contribution in [0.1, 0.15) is 16.9 Å². The Kier molecular flexibility index (Phi) is 6.31. The smallest absolute Gasteiger partial charge is 0.267 e. The van der Waals surface area contributed by atoms with Crippen molar-refractivity contribution in [2.45, 2.75) is 6.42 Å². The van der Waals surface area contributed by atoms with Crippen molar-refractivity contribution in [1.82, 2.24) is 10.3 Å². The molecule has 0 aromatic carbocycles. The summed E-state index contributed by atoms with van der Waals surface area (Å²) in [7, 11) is 1.58. The predicted molar refractivity (Wildman–Crippen MR) is 70.7 cm³/mol. The van der Waals surface area contributed by atoms with Crippen LogP contribution in [0.4, 0.5) is 5.69 Å². The Balaban J connectivity index is 2.31.